The van der Waals surface area contributed by atoms with Gasteiger partial charge in [0, 0.05) is 10.9 Å². The zero-order valence-corrected chi connectivity index (χ0v) is 10.6. The van der Waals surface area contributed by atoms with Crippen molar-refractivity contribution in [3.8, 4) is 0 Å². The molecule has 1 aliphatic rings. The molecule has 15 heavy (non-hydrogen) atoms. The third-order valence-electron chi connectivity index (χ3n) is 2.38. The van der Waals surface area contributed by atoms with E-state index >= 15 is 0 Å². The van der Waals surface area contributed by atoms with Gasteiger partial charge in [0.1, 0.15) is 6.10 Å². The Kier molecular flexibility index (Phi) is 3.32. The molecule has 0 N–H and O–H groups in total. The number of benzene rings is 1. The molecule has 2 nitrogen and oxygen atoms in total. The highest BCUT2D eigenvalue weighted by Gasteiger charge is 2.25. The molecule has 1 aromatic carbocycles. The van der Waals surface area contributed by atoms with Gasteiger partial charge in [-0.3, -0.25) is 0 Å². The monoisotopic (exact) mass is 287 g/mol. The predicted molar refractivity (Wildman–Crippen MR) is 65.5 cm³/mol. The highest BCUT2D eigenvalue weighted by Crippen LogP contribution is 2.22. The van der Waals surface area contributed by atoms with Gasteiger partial charge < -0.3 is 4.84 Å². The molecule has 1 aromatic rings. The number of alkyl halides is 1. The van der Waals surface area contributed by atoms with Crippen LogP contribution in [-0.2, 0) is 4.84 Å². The quantitative estimate of drug-likeness (QED) is 0.762. The molecule has 0 fully saturated rings. The summed E-state index contributed by atoms with van der Waals surface area (Å²) in [5, 5.41) is 4.04. The Balaban J connectivity index is 2.11. The molecule has 0 saturated carbocycles. The Bertz CT molecular complexity index is 375. The maximum atomic E-state index is 5.96. The average Bonchev–Trinajstić information content (AvgIpc) is 2.68. The van der Waals surface area contributed by atoms with Crippen LogP contribution in [0.15, 0.2) is 33.9 Å². The van der Waals surface area contributed by atoms with Crippen LogP contribution in [0.25, 0.3) is 0 Å². The van der Waals surface area contributed by atoms with Crippen LogP contribution in [-0.4, -0.2) is 17.2 Å². The van der Waals surface area contributed by atoms with Crippen LogP contribution in [0.5, 0.6) is 0 Å². The van der Waals surface area contributed by atoms with Crippen molar-refractivity contribution in [3.63, 3.8) is 0 Å². The van der Waals surface area contributed by atoms with Crippen molar-refractivity contribution in [1.29, 1.82) is 0 Å². The highest BCUT2D eigenvalue weighted by atomic mass is 79.9. The molecule has 0 radical (unpaired) electrons. The minimum Gasteiger partial charge on any atom is -0.390 e. The SMILES string of the molecule is CC(Cl)C1CC(c2ccc(Br)cc2)=NO1. The summed E-state index contributed by atoms with van der Waals surface area (Å²) in [4.78, 5) is 5.26. The average molecular weight is 289 g/mol. The lowest BCUT2D eigenvalue weighted by Crippen LogP contribution is -2.18. The van der Waals surface area contributed by atoms with Crippen LogP contribution < -0.4 is 0 Å². The van der Waals surface area contributed by atoms with Gasteiger partial charge in [-0.25, -0.2) is 0 Å². The van der Waals surface area contributed by atoms with E-state index in [9.17, 15) is 0 Å². The standard InChI is InChI=1S/C11H11BrClNO/c1-7(13)11-6-10(14-15-11)8-2-4-9(12)5-3-8/h2-5,7,11H,6H2,1H3. The maximum Gasteiger partial charge on any atom is 0.149 e. The third-order valence-corrected chi connectivity index (χ3v) is 3.19. The van der Waals surface area contributed by atoms with Gasteiger partial charge in [-0.1, -0.05) is 33.2 Å². The number of hydrogen-bond donors (Lipinski definition) is 0. The van der Waals surface area contributed by atoms with E-state index in [1.807, 2.05) is 31.2 Å². The van der Waals surface area contributed by atoms with Crippen molar-refractivity contribution in [2.24, 2.45) is 5.16 Å². The van der Waals surface area contributed by atoms with Gasteiger partial charge in [-0.2, -0.15) is 0 Å². The molecule has 1 aliphatic heterocycles. The molecule has 80 valence electrons. The first-order chi connectivity index (χ1) is 7.16. The third kappa shape index (κ3) is 2.52. The molecule has 0 spiro atoms. The van der Waals surface area contributed by atoms with Gasteiger partial charge >= 0.3 is 0 Å². The molecule has 0 saturated heterocycles. The minimum absolute atomic E-state index is 0.00492. The van der Waals surface area contributed by atoms with Crippen LogP contribution in [0.4, 0.5) is 0 Å². The molecular formula is C11H11BrClNO. The first-order valence-corrected chi connectivity index (χ1v) is 6.02. The normalized spacial score (nSPS) is 22.1. The van der Waals surface area contributed by atoms with E-state index in [4.69, 9.17) is 16.4 Å². The number of rotatable bonds is 2. The molecule has 2 atom stereocenters. The van der Waals surface area contributed by atoms with Gasteiger partial charge in [0.2, 0.25) is 0 Å². The van der Waals surface area contributed by atoms with E-state index in [0.717, 1.165) is 22.2 Å². The molecule has 2 rings (SSSR count). The summed E-state index contributed by atoms with van der Waals surface area (Å²) in [6.45, 7) is 1.92. The highest BCUT2D eigenvalue weighted by molar-refractivity contribution is 9.10. The number of halogens is 2. The summed E-state index contributed by atoms with van der Waals surface area (Å²) in [6, 6.07) is 8.03. The van der Waals surface area contributed by atoms with Crippen molar-refractivity contribution in [1.82, 2.24) is 0 Å². The van der Waals surface area contributed by atoms with E-state index in [2.05, 4.69) is 21.1 Å². The summed E-state index contributed by atoms with van der Waals surface area (Å²) in [7, 11) is 0. The molecule has 4 heteroatoms. The van der Waals surface area contributed by atoms with Crippen LogP contribution in [0.2, 0.25) is 0 Å². The maximum absolute atomic E-state index is 5.96. The number of hydrogen-bond acceptors (Lipinski definition) is 2. The van der Waals surface area contributed by atoms with E-state index in [0.29, 0.717) is 0 Å². The molecule has 0 bridgehead atoms. The largest absolute Gasteiger partial charge is 0.390 e. The fourth-order valence-corrected chi connectivity index (χ4v) is 1.85. The van der Waals surface area contributed by atoms with Crippen molar-refractivity contribution in [2.75, 3.05) is 0 Å². The van der Waals surface area contributed by atoms with Gasteiger partial charge in [-0.05, 0) is 24.6 Å². The fourth-order valence-electron chi connectivity index (χ4n) is 1.46. The summed E-state index contributed by atoms with van der Waals surface area (Å²) in [6.07, 6.45) is 0.789. The Morgan fingerprint density at radius 1 is 1.47 bits per heavy atom. The van der Waals surface area contributed by atoms with E-state index in [1.165, 1.54) is 0 Å². The first-order valence-electron chi connectivity index (χ1n) is 4.79. The topological polar surface area (TPSA) is 21.6 Å². The molecule has 0 aromatic heterocycles. The molecule has 2 unspecified atom stereocenters. The minimum atomic E-state index is -0.0123. The van der Waals surface area contributed by atoms with Crippen molar-refractivity contribution >= 4 is 33.2 Å². The zero-order chi connectivity index (χ0) is 10.8. The van der Waals surface area contributed by atoms with E-state index in [-0.39, 0.29) is 11.5 Å². The van der Waals surface area contributed by atoms with Crippen molar-refractivity contribution in [3.05, 3.63) is 34.3 Å². The van der Waals surface area contributed by atoms with Crippen molar-refractivity contribution < 1.29 is 4.84 Å². The molecule has 0 aliphatic carbocycles. The lowest BCUT2D eigenvalue weighted by Gasteiger charge is -2.08. The summed E-state index contributed by atoms with van der Waals surface area (Å²) < 4.78 is 1.06. The summed E-state index contributed by atoms with van der Waals surface area (Å²) >= 11 is 9.35. The first kappa shape index (κ1) is 11.0. The Labute approximate surface area is 102 Å². The Morgan fingerprint density at radius 2 is 2.13 bits per heavy atom. The zero-order valence-electron chi connectivity index (χ0n) is 8.28. The number of nitrogens with zero attached hydrogens (tertiary/aromatic N) is 1. The molecule has 0 amide bonds. The van der Waals surface area contributed by atoms with Gasteiger partial charge in [0.05, 0.1) is 11.1 Å². The smallest absolute Gasteiger partial charge is 0.149 e. The van der Waals surface area contributed by atoms with Crippen LogP contribution in [0.3, 0.4) is 0 Å². The van der Waals surface area contributed by atoms with Crippen molar-refractivity contribution in [2.45, 2.75) is 24.8 Å². The molecule has 1 heterocycles. The van der Waals surface area contributed by atoms with Gasteiger partial charge in [-0.15, -0.1) is 11.6 Å². The van der Waals surface area contributed by atoms with E-state index in [1.54, 1.807) is 0 Å². The second-order valence-corrected chi connectivity index (χ2v) is 5.17. The predicted octanol–water partition coefficient (Wildman–Crippen LogP) is 3.57. The summed E-state index contributed by atoms with van der Waals surface area (Å²) in [5.41, 5.74) is 2.07. The Morgan fingerprint density at radius 3 is 2.67 bits per heavy atom. The van der Waals surface area contributed by atoms with Crippen LogP contribution in [0, 0.1) is 0 Å². The number of oxime groups is 1. The second kappa shape index (κ2) is 4.54. The van der Waals surface area contributed by atoms with Crippen LogP contribution >= 0.6 is 27.5 Å². The van der Waals surface area contributed by atoms with Gasteiger partial charge in [0.15, 0.2) is 0 Å². The van der Waals surface area contributed by atoms with Gasteiger partial charge in [0.25, 0.3) is 0 Å². The lowest BCUT2D eigenvalue weighted by molar-refractivity contribution is 0.0855. The molecular weight excluding hydrogens is 277 g/mol. The summed E-state index contributed by atoms with van der Waals surface area (Å²) in [5.74, 6) is 0. The second-order valence-electron chi connectivity index (χ2n) is 3.57. The fraction of sp³-hybridized carbons (Fsp3) is 0.364. The lowest BCUT2D eigenvalue weighted by atomic mass is 10.0. The van der Waals surface area contributed by atoms with Crippen LogP contribution in [0.1, 0.15) is 18.9 Å². The Hall–Kier alpha value is -0.540. The van der Waals surface area contributed by atoms with E-state index < -0.39 is 0 Å².